The number of aromatic nitrogens is 2. The van der Waals surface area contributed by atoms with Crippen LogP contribution >= 0.6 is 0 Å². The van der Waals surface area contributed by atoms with Gasteiger partial charge in [-0.15, -0.1) is 0 Å². The van der Waals surface area contributed by atoms with Gasteiger partial charge in [0, 0.05) is 18.2 Å². The first-order valence-electron chi connectivity index (χ1n) is 8.87. The van der Waals surface area contributed by atoms with Gasteiger partial charge in [0.05, 0.1) is 12.1 Å². The molecular formula is C20H17F4N3O. The van der Waals surface area contributed by atoms with Crippen LogP contribution in [0.5, 0.6) is 0 Å². The maximum atomic E-state index is 13.1. The molecule has 0 spiro atoms. The zero-order chi connectivity index (χ0) is 19.7. The third-order valence-electron chi connectivity index (χ3n) is 4.62. The molecule has 0 bridgehead atoms. The Morgan fingerprint density at radius 2 is 1.79 bits per heavy atom. The number of alkyl halides is 3. The summed E-state index contributed by atoms with van der Waals surface area (Å²) in [5.74, 6) is 0.171. The molecule has 4 rings (SSSR count). The molecule has 146 valence electrons. The molecule has 0 atom stereocenters. The molecule has 1 aromatic heterocycles. The first kappa shape index (κ1) is 18.6. The highest BCUT2D eigenvalue weighted by Gasteiger charge is 2.32. The van der Waals surface area contributed by atoms with Gasteiger partial charge in [0.2, 0.25) is 11.7 Å². The van der Waals surface area contributed by atoms with E-state index in [0.29, 0.717) is 25.0 Å². The molecule has 28 heavy (non-hydrogen) atoms. The van der Waals surface area contributed by atoms with Gasteiger partial charge in [0.15, 0.2) is 0 Å². The van der Waals surface area contributed by atoms with E-state index in [0.717, 1.165) is 30.5 Å². The Morgan fingerprint density at radius 1 is 1.04 bits per heavy atom. The summed E-state index contributed by atoms with van der Waals surface area (Å²) < 4.78 is 57.0. The van der Waals surface area contributed by atoms with Crippen LogP contribution in [0, 0.1) is 5.82 Å². The lowest BCUT2D eigenvalue weighted by molar-refractivity contribution is -0.137. The van der Waals surface area contributed by atoms with Gasteiger partial charge >= 0.3 is 6.18 Å². The summed E-state index contributed by atoms with van der Waals surface area (Å²) in [5, 5.41) is 3.83. The summed E-state index contributed by atoms with van der Waals surface area (Å²) >= 11 is 0. The van der Waals surface area contributed by atoms with Gasteiger partial charge in [0.1, 0.15) is 5.82 Å². The monoisotopic (exact) mass is 391 g/mol. The second-order valence-corrected chi connectivity index (χ2v) is 6.85. The molecule has 1 fully saturated rings. The Morgan fingerprint density at radius 3 is 2.46 bits per heavy atom. The van der Waals surface area contributed by atoms with Crippen molar-refractivity contribution < 1.29 is 22.1 Å². The summed E-state index contributed by atoms with van der Waals surface area (Å²) in [4.78, 5) is 6.41. The second-order valence-electron chi connectivity index (χ2n) is 6.85. The highest BCUT2D eigenvalue weighted by atomic mass is 19.4. The quantitative estimate of drug-likeness (QED) is 0.551. The number of halogens is 4. The lowest BCUT2D eigenvalue weighted by atomic mass is 10.1. The van der Waals surface area contributed by atoms with Crippen molar-refractivity contribution in [3.8, 4) is 11.4 Å². The first-order chi connectivity index (χ1) is 13.4. The van der Waals surface area contributed by atoms with E-state index in [1.54, 1.807) is 12.1 Å². The standard InChI is InChI=1S/C20H17F4N3O/c21-16-6-4-13(5-7-16)11-27(17-8-9-17)12-18-25-19(26-28-18)14-2-1-3-15(10-14)20(22,23)24/h1-7,10,17H,8-9,11-12H2. The van der Waals surface area contributed by atoms with E-state index >= 15 is 0 Å². The van der Waals surface area contributed by atoms with Crippen LogP contribution < -0.4 is 0 Å². The average Bonchev–Trinajstić information content (AvgIpc) is 3.41. The van der Waals surface area contributed by atoms with Crippen LogP contribution in [-0.4, -0.2) is 21.1 Å². The van der Waals surface area contributed by atoms with Crippen LogP contribution in [0.25, 0.3) is 11.4 Å². The molecule has 1 heterocycles. The summed E-state index contributed by atoms with van der Waals surface area (Å²) in [7, 11) is 0. The van der Waals surface area contributed by atoms with Gasteiger partial charge in [-0.3, -0.25) is 4.90 Å². The van der Waals surface area contributed by atoms with Gasteiger partial charge in [-0.05, 0) is 42.7 Å². The van der Waals surface area contributed by atoms with Gasteiger partial charge in [0.25, 0.3) is 0 Å². The smallest absolute Gasteiger partial charge is 0.338 e. The van der Waals surface area contributed by atoms with Crippen LogP contribution in [-0.2, 0) is 19.3 Å². The molecule has 2 aromatic carbocycles. The fourth-order valence-electron chi connectivity index (χ4n) is 3.02. The fourth-order valence-corrected chi connectivity index (χ4v) is 3.02. The van der Waals surface area contributed by atoms with E-state index < -0.39 is 11.7 Å². The van der Waals surface area contributed by atoms with Crippen molar-refractivity contribution in [1.82, 2.24) is 15.0 Å². The number of rotatable bonds is 6. The van der Waals surface area contributed by atoms with Gasteiger partial charge in [-0.2, -0.15) is 18.2 Å². The number of benzene rings is 2. The Hall–Kier alpha value is -2.74. The third-order valence-corrected chi connectivity index (χ3v) is 4.62. The third kappa shape index (κ3) is 4.39. The molecule has 0 saturated heterocycles. The number of hydrogen-bond acceptors (Lipinski definition) is 4. The van der Waals surface area contributed by atoms with Crippen molar-refractivity contribution in [1.29, 1.82) is 0 Å². The summed E-state index contributed by atoms with van der Waals surface area (Å²) in [6.45, 7) is 0.986. The Bertz CT molecular complexity index is 949. The molecule has 0 radical (unpaired) electrons. The fraction of sp³-hybridized carbons (Fsp3) is 0.300. The van der Waals surface area contributed by atoms with E-state index in [4.69, 9.17) is 4.52 Å². The molecule has 1 aliphatic rings. The lowest BCUT2D eigenvalue weighted by Crippen LogP contribution is -2.25. The molecule has 4 nitrogen and oxygen atoms in total. The minimum absolute atomic E-state index is 0.124. The van der Waals surface area contributed by atoms with Crippen LogP contribution in [0.4, 0.5) is 17.6 Å². The minimum Gasteiger partial charge on any atom is -0.338 e. The maximum Gasteiger partial charge on any atom is 0.416 e. The topological polar surface area (TPSA) is 42.2 Å². The molecular weight excluding hydrogens is 374 g/mol. The number of hydrogen-bond donors (Lipinski definition) is 0. The highest BCUT2D eigenvalue weighted by molar-refractivity contribution is 5.55. The van der Waals surface area contributed by atoms with E-state index in [2.05, 4.69) is 15.0 Å². The van der Waals surface area contributed by atoms with E-state index in [1.807, 2.05) is 0 Å². The molecule has 8 heteroatoms. The zero-order valence-electron chi connectivity index (χ0n) is 14.8. The van der Waals surface area contributed by atoms with Crippen LogP contribution in [0.3, 0.4) is 0 Å². The van der Waals surface area contributed by atoms with Crippen LogP contribution in [0.15, 0.2) is 53.1 Å². The van der Waals surface area contributed by atoms with E-state index in [-0.39, 0.29) is 17.2 Å². The molecule has 1 aliphatic carbocycles. The maximum absolute atomic E-state index is 13.1. The van der Waals surface area contributed by atoms with Gasteiger partial charge < -0.3 is 4.52 Å². The first-order valence-corrected chi connectivity index (χ1v) is 8.87. The summed E-state index contributed by atoms with van der Waals surface area (Å²) in [5.41, 5.74) is 0.458. The van der Waals surface area contributed by atoms with Crippen LogP contribution in [0.1, 0.15) is 29.9 Å². The number of nitrogens with zero attached hydrogens (tertiary/aromatic N) is 3. The lowest BCUT2D eigenvalue weighted by Gasteiger charge is -2.19. The van der Waals surface area contributed by atoms with Crippen molar-refractivity contribution in [3.05, 3.63) is 71.4 Å². The zero-order valence-corrected chi connectivity index (χ0v) is 14.8. The highest BCUT2D eigenvalue weighted by Crippen LogP contribution is 2.32. The Labute approximate surface area is 158 Å². The van der Waals surface area contributed by atoms with Crippen molar-refractivity contribution in [2.75, 3.05) is 0 Å². The Kier molecular flexibility index (Phi) is 4.89. The van der Waals surface area contributed by atoms with Crippen molar-refractivity contribution in [2.24, 2.45) is 0 Å². The van der Waals surface area contributed by atoms with E-state index in [9.17, 15) is 17.6 Å². The summed E-state index contributed by atoms with van der Waals surface area (Å²) in [6, 6.07) is 11.5. The largest absolute Gasteiger partial charge is 0.416 e. The molecule has 0 amide bonds. The predicted molar refractivity (Wildman–Crippen MR) is 93.4 cm³/mol. The Balaban J connectivity index is 1.49. The van der Waals surface area contributed by atoms with Gasteiger partial charge in [-0.1, -0.05) is 29.4 Å². The normalized spacial score (nSPS) is 14.6. The second kappa shape index (κ2) is 7.35. The van der Waals surface area contributed by atoms with Crippen LogP contribution in [0.2, 0.25) is 0 Å². The molecule has 1 saturated carbocycles. The summed E-state index contributed by atoms with van der Waals surface area (Å²) in [6.07, 6.45) is -2.33. The predicted octanol–water partition coefficient (Wildman–Crippen LogP) is 5.06. The van der Waals surface area contributed by atoms with Gasteiger partial charge in [-0.25, -0.2) is 4.39 Å². The molecule has 0 unspecified atom stereocenters. The van der Waals surface area contributed by atoms with Crippen molar-refractivity contribution in [2.45, 2.75) is 38.1 Å². The molecule has 3 aromatic rings. The van der Waals surface area contributed by atoms with Crippen molar-refractivity contribution >= 4 is 0 Å². The molecule has 0 N–H and O–H groups in total. The average molecular weight is 391 g/mol. The SMILES string of the molecule is Fc1ccc(CN(Cc2nc(-c3cccc(C(F)(F)F)c3)no2)C2CC2)cc1. The van der Waals surface area contributed by atoms with E-state index in [1.165, 1.54) is 24.3 Å². The molecule has 0 aliphatic heterocycles. The minimum atomic E-state index is -4.43. The van der Waals surface area contributed by atoms with Crippen molar-refractivity contribution in [3.63, 3.8) is 0 Å².